The topological polar surface area (TPSA) is 38.7 Å². The van der Waals surface area contributed by atoms with Crippen LogP contribution in [0.15, 0.2) is 0 Å². The first-order chi connectivity index (χ1) is 6.91. The molecule has 0 amide bonds. The van der Waals surface area contributed by atoms with Gasteiger partial charge in [0.1, 0.15) is 0 Å². The van der Waals surface area contributed by atoms with Gasteiger partial charge in [0.25, 0.3) is 0 Å². The Morgan fingerprint density at radius 1 is 1.33 bits per heavy atom. The molecule has 0 bridgehead atoms. The van der Waals surface area contributed by atoms with Crippen molar-refractivity contribution in [1.29, 1.82) is 0 Å². The Morgan fingerprint density at radius 2 is 2.07 bits per heavy atom. The molecule has 1 aliphatic carbocycles. The Kier molecular flexibility index (Phi) is 2.82. The average molecular weight is 214 g/mol. The molecule has 15 heavy (non-hydrogen) atoms. The third-order valence-corrected chi connectivity index (χ3v) is 3.79. The molecule has 0 radical (unpaired) electrons. The van der Waals surface area contributed by atoms with Crippen LogP contribution >= 0.6 is 0 Å². The van der Waals surface area contributed by atoms with E-state index in [9.17, 15) is 5.11 Å². The van der Waals surface area contributed by atoms with E-state index in [1.807, 2.05) is 13.8 Å². The summed E-state index contributed by atoms with van der Waals surface area (Å²) in [6, 6.07) is 0. The first-order valence-electron chi connectivity index (χ1n) is 5.91. The Balaban J connectivity index is 1.92. The zero-order valence-corrected chi connectivity index (χ0v) is 9.95. The lowest BCUT2D eigenvalue weighted by Gasteiger charge is -2.30. The molecular weight excluding hydrogens is 192 g/mol. The minimum Gasteiger partial charge on any atom is -0.393 e. The van der Waals surface area contributed by atoms with Crippen LogP contribution in [-0.4, -0.2) is 29.7 Å². The average Bonchev–Trinajstić information content (AvgIpc) is 2.59. The molecule has 1 aliphatic heterocycles. The van der Waals surface area contributed by atoms with E-state index in [0.717, 1.165) is 25.7 Å². The summed E-state index contributed by atoms with van der Waals surface area (Å²) < 4.78 is 11.3. The third kappa shape index (κ3) is 2.35. The lowest BCUT2D eigenvalue weighted by atomic mass is 9.81. The van der Waals surface area contributed by atoms with Crippen LogP contribution in [0, 0.1) is 5.41 Å². The lowest BCUT2D eigenvalue weighted by molar-refractivity contribution is -0.143. The van der Waals surface area contributed by atoms with Crippen LogP contribution in [0.5, 0.6) is 0 Å². The molecular formula is C12H22O3. The molecule has 88 valence electrons. The summed E-state index contributed by atoms with van der Waals surface area (Å²) in [5, 5.41) is 9.94. The molecule has 3 heteroatoms. The van der Waals surface area contributed by atoms with E-state index in [0.29, 0.717) is 6.61 Å². The largest absolute Gasteiger partial charge is 0.393 e. The van der Waals surface area contributed by atoms with E-state index < -0.39 is 5.79 Å². The molecule has 1 saturated heterocycles. The number of hydrogen-bond donors (Lipinski definition) is 1. The van der Waals surface area contributed by atoms with Gasteiger partial charge in [0, 0.05) is 0 Å². The number of rotatable bonds is 2. The van der Waals surface area contributed by atoms with Gasteiger partial charge in [-0.15, -0.1) is 0 Å². The maximum absolute atomic E-state index is 9.94. The second-order valence-corrected chi connectivity index (χ2v) is 5.72. The lowest BCUT2D eigenvalue weighted by Crippen LogP contribution is -2.32. The van der Waals surface area contributed by atoms with E-state index in [-0.39, 0.29) is 17.6 Å². The van der Waals surface area contributed by atoms with Crippen molar-refractivity contribution in [3.05, 3.63) is 0 Å². The summed E-state index contributed by atoms with van der Waals surface area (Å²) in [4.78, 5) is 0. The highest BCUT2D eigenvalue weighted by Gasteiger charge is 2.43. The van der Waals surface area contributed by atoms with Crippen LogP contribution in [0.3, 0.4) is 0 Å². The smallest absolute Gasteiger partial charge is 0.163 e. The van der Waals surface area contributed by atoms with Gasteiger partial charge in [-0.2, -0.15) is 0 Å². The Bertz CT molecular complexity index is 239. The molecule has 0 aromatic rings. The van der Waals surface area contributed by atoms with Crippen LogP contribution < -0.4 is 0 Å². The fraction of sp³-hybridized carbons (Fsp3) is 1.00. The van der Waals surface area contributed by atoms with E-state index in [1.165, 1.54) is 0 Å². The Morgan fingerprint density at radius 3 is 2.53 bits per heavy atom. The fourth-order valence-corrected chi connectivity index (χ4v) is 2.84. The summed E-state index contributed by atoms with van der Waals surface area (Å²) in [6.07, 6.45) is 4.08. The van der Waals surface area contributed by atoms with Gasteiger partial charge >= 0.3 is 0 Å². The van der Waals surface area contributed by atoms with Crippen molar-refractivity contribution >= 4 is 0 Å². The predicted octanol–water partition coefficient (Wildman–Crippen LogP) is 2.08. The summed E-state index contributed by atoms with van der Waals surface area (Å²) in [5.74, 6) is -0.440. The first kappa shape index (κ1) is 11.4. The predicted molar refractivity (Wildman–Crippen MR) is 57.5 cm³/mol. The van der Waals surface area contributed by atoms with Crippen LogP contribution in [0.25, 0.3) is 0 Å². The zero-order valence-electron chi connectivity index (χ0n) is 9.95. The van der Waals surface area contributed by atoms with Crippen molar-refractivity contribution in [2.75, 3.05) is 6.61 Å². The quantitative estimate of drug-likeness (QED) is 0.765. The van der Waals surface area contributed by atoms with E-state index in [1.54, 1.807) is 0 Å². The highest BCUT2D eigenvalue weighted by Crippen LogP contribution is 2.43. The fourth-order valence-electron chi connectivity index (χ4n) is 2.84. The van der Waals surface area contributed by atoms with Gasteiger partial charge in [0.05, 0.1) is 18.8 Å². The normalized spacial score (nSPS) is 44.8. The second-order valence-electron chi connectivity index (χ2n) is 5.72. The van der Waals surface area contributed by atoms with Gasteiger partial charge in [-0.3, -0.25) is 0 Å². The van der Waals surface area contributed by atoms with Crippen LogP contribution in [0.1, 0.15) is 46.5 Å². The van der Waals surface area contributed by atoms with Gasteiger partial charge < -0.3 is 14.6 Å². The number of aliphatic hydroxyl groups is 1. The number of aliphatic hydroxyl groups excluding tert-OH is 1. The Labute approximate surface area is 91.8 Å². The molecule has 2 fully saturated rings. The van der Waals surface area contributed by atoms with Crippen molar-refractivity contribution in [2.45, 2.75) is 64.4 Å². The monoisotopic (exact) mass is 214 g/mol. The minimum atomic E-state index is -0.440. The minimum absolute atomic E-state index is 0.0362. The summed E-state index contributed by atoms with van der Waals surface area (Å²) in [7, 11) is 0. The molecule has 0 unspecified atom stereocenters. The molecule has 0 spiro atoms. The van der Waals surface area contributed by atoms with Crippen LogP contribution in [0.2, 0.25) is 0 Å². The van der Waals surface area contributed by atoms with Crippen LogP contribution in [-0.2, 0) is 9.47 Å². The van der Waals surface area contributed by atoms with Gasteiger partial charge in [0.15, 0.2) is 5.79 Å². The molecule has 1 N–H and O–H groups in total. The highest BCUT2D eigenvalue weighted by atomic mass is 16.7. The van der Waals surface area contributed by atoms with Crippen molar-refractivity contribution in [3.8, 4) is 0 Å². The van der Waals surface area contributed by atoms with Crippen LogP contribution in [0.4, 0.5) is 0 Å². The summed E-state index contributed by atoms with van der Waals surface area (Å²) in [5.41, 5.74) is 0.0362. The van der Waals surface area contributed by atoms with Gasteiger partial charge in [-0.1, -0.05) is 13.3 Å². The van der Waals surface area contributed by atoms with Crippen molar-refractivity contribution in [3.63, 3.8) is 0 Å². The maximum Gasteiger partial charge on any atom is 0.163 e. The summed E-state index contributed by atoms with van der Waals surface area (Å²) >= 11 is 0. The molecule has 0 aromatic heterocycles. The number of ether oxygens (including phenoxy) is 2. The highest BCUT2D eigenvalue weighted by molar-refractivity contribution is 4.91. The van der Waals surface area contributed by atoms with Crippen molar-refractivity contribution in [1.82, 2.24) is 0 Å². The summed E-state index contributed by atoms with van der Waals surface area (Å²) in [6.45, 7) is 6.72. The van der Waals surface area contributed by atoms with Gasteiger partial charge in [-0.05, 0) is 38.5 Å². The molecule has 2 aliphatic rings. The van der Waals surface area contributed by atoms with Crippen molar-refractivity contribution in [2.24, 2.45) is 5.41 Å². The Hall–Kier alpha value is -0.120. The molecule has 1 saturated carbocycles. The first-order valence-corrected chi connectivity index (χ1v) is 5.91. The van der Waals surface area contributed by atoms with E-state index in [4.69, 9.17) is 9.47 Å². The van der Waals surface area contributed by atoms with Crippen molar-refractivity contribution < 1.29 is 14.6 Å². The van der Waals surface area contributed by atoms with E-state index >= 15 is 0 Å². The van der Waals surface area contributed by atoms with E-state index in [2.05, 4.69) is 6.92 Å². The SMILES string of the molecule is CC1(C)OC[C@@H](C[C@]2(C)CCC[C@@H]2O)O1. The third-order valence-electron chi connectivity index (χ3n) is 3.79. The maximum atomic E-state index is 9.94. The standard InChI is InChI=1S/C12H22O3/c1-11(2)14-8-9(15-11)7-12(3)6-4-5-10(12)13/h9-10,13H,4-8H2,1-3H3/t9-,10+,12+/m1/s1. The van der Waals surface area contributed by atoms with Gasteiger partial charge in [-0.25, -0.2) is 0 Å². The molecule has 1 heterocycles. The second kappa shape index (κ2) is 3.72. The van der Waals surface area contributed by atoms with Gasteiger partial charge in [0.2, 0.25) is 0 Å². The molecule has 0 aromatic carbocycles. The number of hydrogen-bond acceptors (Lipinski definition) is 3. The molecule has 2 rings (SSSR count). The molecule has 3 nitrogen and oxygen atoms in total. The molecule has 3 atom stereocenters. The zero-order chi connectivity index (χ0) is 11.1.